The predicted octanol–water partition coefficient (Wildman–Crippen LogP) is 2.04. The maximum atomic E-state index is 10.4. The van der Waals surface area contributed by atoms with E-state index in [2.05, 4.69) is 0 Å². The molecule has 0 radical (unpaired) electrons. The molecule has 0 aliphatic heterocycles. The van der Waals surface area contributed by atoms with E-state index in [1.54, 1.807) is 0 Å². The predicted molar refractivity (Wildman–Crippen MR) is 45.4 cm³/mol. The summed E-state index contributed by atoms with van der Waals surface area (Å²) in [4.78, 5) is 10.4. The lowest BCUT2D eigenvalue weighted by molar-refractivity contribution is -0.138. The molecule has 0 fully saturated rings. The fourth-order valence-corrected chi connectivity index (χ4v) is 1.28. The van der Waals surface area contributed by atoms with Crippen molar-refractivity contribution < 1.29 is 9.90 Å². The maximum absolute atomic E-state index is 10.4. The second-order valence-electron chi connectivity index (χ2n) is 3.46. The number of nitrogens with zero attached hydrogens (tertiary/aromatic N) is 1. The van der Waals surface area contributed by atoms with Gasteiger partial charge in [0.25, 0.3) is 0 Å². The molecule has 0 saturated heterocycles. The van der Waals surface area contributed by atoms with E-state index in [0.29, 0.717) is 12.3 Å². The number of nitriles is 1. The van der Waals surface area contributed by atoms with Crippen LogP contribution in [0.5, 0.6) is 0 Å². The zero-order chi connectivity index (χ0) is 9.56. The molecule has 0 spiro atoms. The third kappa shape index (κ3) is 5.72. The summed E-state index contributed by atoms with van der Waals surface area (Å²) in [6, 6.07) is 2.02. The molecule has 0 saturated carbocycles. The molecule has 0 aliphatic rings. The first-order chi connectivity index (χ1) is 5.56. The summed E-state index contributed by atoms with van der Waals surface area (Å²) < 4.78 is 0. The van der Waals surface area contributed by atoms with Gasteiger partial charge >= 0.3 is 5.97 Å². The standard InChI is InChI=1S/C9H15NO2/c1-7(2)5-8(3-4-10)6-9(11)12/h7-8H,3,5-6H2,1-2H3,(H,11,12)/t8-/m0/s1. The molecule has 0 unspecified atom stereocenters. The van der Waals surface area contributed by atoms with Gasteiger partial charge in [0.05, 0.1) is 6.07 Å². The van der Waals surface area contributed by atoms with Crippen LogP contribution < -0.4 is 0 Å². The van der Waals surface area contributed by atoms with Gasteiger partial charge in [0.2, 0.25) is 0 Å². The van der Waals surface area contributed by atoms with Crippen LogP contribution in [0.2, 0.25) is 0 Å². The van der Waals surface area contributed by atoms with Crippen molar-refractivity contribution in [1.29, 1.82) is 5.26 Å². The molecule has 0 aromatic heterocycles. The van der Waals surface area contributed by atoms with Crippen LogP contribution in [-0.2, 0) is 4.79 Å². The number of aliphatic carboxylic acids is 1. The van der Waals surface area contributed by atoms with E-state index in [1.165, 1.54) is 0 Å². The van der Waals surface area contributed by atoms with Crippen LogP contribution in [0.15, 0.2) is 0 Å². The summed E-state index contributed by atoms with van der Waals surface area (Å²) in [5.74, 6) is -0.328. The zero-order valence-corrected chi connectivity index (χ0v) is 7.58. The third-order valence-corrected chi connectivity index (χ3v) is 1.65. The van der Waals surface area contributed by atoms with Crippen molar-refractivity contribution in [3.8, 4) is 6.07 Å². The SMILES string of the molecule is CC(C)C[C@H](CC#N)CC(=O)O. The Morgan fingerprint density at radius 3 is 2.50 bits per heavy atom. The molecule has 3 heteroatoms. The second kappa shape index (κ2) is 5.59. The Morgan fingerprint density at radius 1 is 1.58 bits per heavy atom. The molecule has 0 aromatic rings. The van der Waals surface area contributed by atoms with E-state index in [0.717, 1.165) is 6.42 Å². The van der Waals surface area contributed by atoms with Gasteiger partial charge in [-0.1, -0.05) is 13.8 Å². The average Bonchev–Trinajstić information content (AvgIpc) is 1.84. The molecular formula is C9H15NO2. The Labute approximate surface area is 73.0 Å². The molecule has 12 heavy (non-hydrogen) atoms. The van der Waals surface area contributed by atoms with Crippen molar-refractivity contribution >= 4 is 5.97 Å². The minimum absolute atomic E-state index is 0.0208. The summed E-state index contributed by atoms with van der Waals surface area (Å²) in [6.45, 7) is 4.07. The first-order valence-corrected chi connectivity index (χ1v) is 4.15. The Balaban J connectivity index is 3.87. The van der Waals surface area contributed by atoms with Gasteiger partial charge in [-0.2, -0.15) is 5.26 Å². The van der Waals surface area contributed by atoms with E-state index in [-0.39, 0.29) is 12.3 Å². The Kier molecular flexibility index (Phi) is 5.11. The molecule has 1 N–H and O–H groups in total. The highest BCUT2D eigenvalue weighted by molar-refractivity contribution is 5.67. The van der Waals surface area contributed by atoms with Gasteiger partial charge in [-0.05, 0) is 18.3 Å². The monoisotopic (exact) mass is 169 g/mol. The lowest BCUT2D eigenvalue weighted by Crippen LogP contribution is -2.09. The van der Waals surface area contributed by atoms with Gasteiger partial charge in [-0.25, -0.2) is 0 Å². The van der Waals surface area contributed by atoms with Crippen molar-refractivity contribution in [1.82, 2.24) is 0 Å². The highest BCUT2D eigenvalue weighted by Gasteiger charge is 2.14. The highest BCUT2D eigenvalue weighted by Crippen LogP contribution is 2.18. The number of carbonyl (C=O) groups is 1. The van der Waals surface area contributed by atoms with E-state index >= 15 is 0 Å². The summed E-state index contributed by atoms with van der Waals surface area (Å²) in [5.41, 5.74) is 0. The van der Waals surface area contributed by atoms with Gasteiger partial charge in [0, 0.05) is 12.8 Å². The lowest BCUT2D eigenvalue weighted by Gasteiger charge is -2.12. The Bertz CT molecular complexity index is 181. The summed E-state index contributed by atoms with van der Waals surface area (Å²) in [6.07, 6.45) is 1.29. The van der Waals surface area contributed by atoms with Crippen LogP contribution in [0, 0.1) is 23.2 Å². The lowest BCUT2D eigenvalue weighted by atomic mass is 9.92. The van der Waals surface area contributed by atoms with Gasteiger partial charge in [0.15, 0.2) is 0 Å². The molecule has 1 atom stereocenters. The largest absolute Gasteiger partial charge is 0.481 e. The van der Waals surface area contributed by atoms with Crippen LogP contribution in [-0.4, -0.2) is 11.1 Å². The van der Waals surface area contributed by atoms with Crippen molar-refractivity contribution in [3.63, 3.8) is 0 Å². The van der Waals surface area contributed by atoms with Gasteiger partial charge in [-0.3, -0.25) is 4.79 Å². The van der Waals surface area contributed by atoms with Crippen molar-refractivity contribution in [3.05, 3.63) is 0 Å². The van der Waals surface area contributed by atoms with Gasteiger partial charge in [0.1, 0.15) is 0 Å². The summed E-state index contributed by atoms with van der Waals surface area (Å²) in [5, 5.41) is 16.9. The van der Waals surface area contributed by atoms with E-state index in [9.17, 15) is 4.79 Å². The molecule has 0 aromatic carbocycles. The first-order valence-electron chi connectivity index (χ1n) is 4.15. The van der Waals surface area contributed by atoms with Crippen LogP contribution in [0.1, 0.15) is 33.1 Å². The molecule has 68 valence electrons. The molecule has 0 bridgehead atoms. The van der Waals surface area contributed by atoms with E-state index in [4.69, 9.17) is 10.4 Å². The zero-order valence-electron chi connectivity index (χ0n) is 7.58. The topological polar surface area (TPSA) is 61.1 Å². The fraction of sp³-hybridized carbons (Fsp3) is 0.778. The Hall–Kier alpha value is -1.04. The normalized spacial score (nSPS) is 12.5. The molecule has 0 aliphatic carbocycles. The first kappa shape index (κ1) is 11.0. The number of carboxylic acids is 1. The molecular weight excluding hydrogens is 154 g/mol. The second-order valence-corrected chi connectivity index (χ2v) is 3.46. The Morgan fingerprint density at radius 2 is 2.17 bits per heavy atom. The summed E-state index contributed by atoms with van der Waals surface area (Å²) >= 11 is 0. The van der Waals surface area contributed by atoms with Gasteiger partial charge in [-0.15, -0.1) is 0 Å². The van der Waals surface area contributed by atoms with Crippen LogP contribution in [0.3, 0.4) is 0 Å². The van der Waals surface area contributed by atoms with Gasteiger partial charge < -0.3 is 5.11 Å². The third-order valence-electron chi connectivity index (χ3n) is 1.65. The average molecular weight is 169 g/mol. The quantitative estimate of drug-likeness (QED) is 0.685. The fourth-order valence-electron chi connectivity index (χ4n) is 1.28. The van der Waals surface area contributed by atoms with Crippen LogP contribution >= 0.6 is 0 Å². The number of rotatable bonds is 5. The minimum atomic E-state index is -0.809. The number of hydrogen-bond donors (Lipinski definition) is 1. The summed E-state index contributed by atoms with van der Waals surface area (Å²) in [7, 11) is 0. The molecule has 0 rings (SSSR count). The van der Waals surface area contributed by atoms with E-state index in [1.807, 2.05) is 19.9 Å². The molecule has 0 heterocycles. The van der Waals surface area contributed by atoms with E-state index < -0.39 is 5.97 Å². The minimum Gasteiger partial charge on any atom is -0.481 e. The number of hydrogen-bond acceptors (Lipinski definition) is 2. The molecule has 0 amide bonds. The number of carboxylic acid groups (broad SMARTS) is 1. The smallest absolute Gasteiger partial charge is 0.303 e. The van der Waals surface area contributed by atoms with Crippen LogP contribution in [0.4, 0.5) is 0 Å². The van der Waals surface area contributed by atoms with Crippen LogP contribution in [0.25, 0.3) is 0 Å². The molecule has 3 nitrogen and oxygen atoms in total. The van der Waals surface area contributed by atoms with Crippen molar-refractivity contribution in [2.45, 2.75) is 33.1 Å². The van der Waals surface area contributed by atoms with Crippen molar-refractivity contribution in [2.24, 2.45) is 11.8 Å². The maximum Gasteiger partial charge on any atom is 0.303 e. The highest BCUT2D eigenvalue weighted by atomic mass is 16.4. The van der Waals surface area contributed by atoms with Crippen molar-refractivity contribution in [2.75, 3.05) is 0 Å².